The van der Waals surface area contributed by atoms with Crippen LogP contribution in [0.4, 0.5) is 0 Å². The normalized spacial score (nSPS) is 16.8. The predicted molar refractivity (Wildman–Crippen MR) is 92.6 cm³/mol. The Labute approximate surface area is 151 Å². The van der Waals surface area contributed by atoms with E-state index in [1.165, 1.54) is 4.52 Å². The Kier molecular flexibility index (Phi) is 4.25. The number of para-hydroxylation sites is 1. The van der Waals surface area contributed by atoms with Gasteiger partial charge >= 0.3 is 0 Å². The van der Waals surface area contributed by atoms with E-state index in [2.05, 4.69) is 20.3 Å². The summed E-state index contributed by atoms with van der Waals surface area (Å²) in [5, 5.41) is 61.7. The Hall–Kier alpha value is -2.70. The van der Waals surface area contributed by atoms with Gasteiger partial charge in [0.2, 0.25) is 0 Å². The van der Waals surface area contributed by atoms with Crippen molar-refractivity contribution in [1.29, 1.82) is 0 Å². The zero-order valence-corrected chi connectivity index (χ0v) is 14.2. The van der Waals surface area contributed by atoms with E-state index in [0.29, 0.717) is 11.2 Å². The van der Waals surface area contributed by atoms with Gasteiger partial charge in [-0.1, -0.05) is 18.2 Å². The molecule has 3 heterocycles. The van der Waals surface area contributed by atoms with Gasteiger partial charge in [0.05, 0.1) is 12.1 Å². The molecular formula is C16H18N6O5. The number of aromatic nitrogens is 6. The molecule has 11 nitrogen and oxygen atoms in total. The van der Waals surface area contributed by atoms with Gasteiger partial charge in [0, 0.05) is 12.4 Å². The van der Waals surface area contributed by atoms with E-state index < -0.39 is 31.0 Å². The summed E-state index contributed by atoms with van der Waals surface area (Å²) >= 11 is 0. The monoisotopic (exact) mass is 374 g/mol. The summed E-state index contributed by atoms with van der Waals surface area (Å²) in [7, 11) is 1.85. The first-order valence-electron chi connectivity index (χ1n) is 8.23. The van der Waals surface area contributed by atoms with Crippen molar-refractivity contribution in [3.63, 3.8) is 0 Å². The van der Waals surface area contributed by atoms with E-state index in [1.54, 1.807) is 0 Å². The molecule has 142 valence electrons. The third kappa shape index (κ3) is 2.64. The maximum absolute atomic E-state index is 10.4. The molecule has 0 saturated carbocycles. The Bertz CT molecular complexity index is 1120. The molecule has 0 unspecified atom stereocenters. The lowest BCUT2D eigenvalue weighted by atomic mass is 10.0. The highest BCUT2D eigenvalue weighted by Crippen LogP contribution is 2.26. The Balaban J connectivity index is 1.85. The summed E-state index contributed by atoms with van der Waals surface area (Å²) in [5.74, 6) is -0.0455. The number of aliphatic hydroxyl groups is 5. The zero-order valence-electron chi connectivity index (χ0n) is 14.2. The number of nitrogens with zero attached hydrogens (tertiary/aromatic N) is 6. The summed E-state index contributed by atoms with van der Waals surface area (Å²) in [6.45, 7) is -0.776. The molecule has 0 bridgehead atoms. The van der Waals surface area contributed by atoms with Gasteiger partial charge in [-0.2, -0.15) is 14.6 Å². The van der Waals surface area contributed by atoms with Crippen molar-refractivity contribution in [3.05, 3.63) is 30.1 Å². The van der Waals surface area contributed by atoms with Gasteiger partial charge in [0.25, 0.3) is 5.78 Å². The second kappa shape index (κ2) is 6.48. The quantitative estimate of drug-likeness (QED) is 0.273. The Morgan fingerprint density at radius 2 is 1.78 bits per heavy atom. The molecule has 0 saturated heterocycles. The fourth-order valence-electron chi connectivity index (χ4n) is 3.09. The van der Waals surface area contributed by atoms with Crippen LogP contribution in [-0.4, -0.2) is 79.8 Å². The van der Waals surface area contributed by atoms with E-state index in [-0.39, 0.29) is 11.6 Å². The van der Waals surface area contributed by atoms with E-state index in [1.807, 2.05) is 35.9 Å². The number of aryl methyl sites for hydroxylation is 1. The van der Waals surface area contributed by atoms with Crippen molar-refractivity contribution in [2.45, 2.75) is 24.4 Å². The van der Waals surface area contributed by atoms with Gasteiger partial charge in [-0.15, -0.1) is 10.2 Å². The lowest BCUT2D eigenvalue weighted by Crippen LogP contribution is -2.43. The van der Waals surface area contributed by atoms with E-state index in [0.717, 1.165) is 10.9 Å². The van der Waals surface area contributed by atoms with Gasteiger partial charge in [-0.05, 0) is 6.07 Å². The number of benzene rings is 1. The second-order valence-corrected chi connectivity index (χ2v) is 6.31. The lowest BCUT2D eigenvalue weighted by molar-refractivity contribution is -0.118. The van der Waals surface area contributed by atoms with Crippen LogP contribution in [0.15, 0.2) is 24.3 Å². The molecule has 11 heteroatoms. The summed E-state index contributed by atoms with van der Waals surface area (Å²) < 4.78 is 3.04. The van der Waals surface area contributed by atoms with Crippen LogP contribution in [0, 0.1) is 0 Å². The molecule has 0 aliphatic rings. The van der Waals surface area contributed by atoms with Crippen LogP contribution < -0.4 is 0 Å². The van der Waals surface area contributed by atoms with Crippen molar-refractivity contribution in [2.75, 3.05) is 6.61 Å². The van der Waals surface area contributed by atoms with Crippen molar-refractivity contribution < 1.29 is 25.5 Å². The van der Waals surface area contributed by atoms with Crippen molar-refractivity contribution in [2.24, 2.45) is 7.05 Å². The molecule has 0 aliphatic carbocycles. The van der Waals surface area contributed by atoms with Crippen molar-refractivity contribution >= 4 is 27.8 Å². The summed E-state index contributed by atoms with van der Waals surface area (Å²) in [5.41, 5.74) is 2.05. The Morgan fingerprint density at radius 1 is 1.04 bits per heavy atom. The largest absolute Gasteiger partial charge is 0.394 e. The number of fused-ring (bicyclic) bond motifs is 4. The standard InChI is InChI=1S/C16H18N6O5/c1-21-8-5-3-2-4-7(8)10-14(21)17-16-19-18-15(22(16)20-10)13(27)12(26)11(25)9(24)6-23/h2-5,9,11-13,23-27H,6H2,1H3/t9-,11-,12+,13-/m1/s1. The third-order valence-corrected chi connectivity index (χ3v) is 4.62. The van der Waals surface area contributed by atoms with E-state index in [4.69, 9.17) is 5.11 Å². The summed E-state index contributed by atoms with van der Waals surface area (Å²) in [6, 6.07) is 7.57. The molecule has 1 aromatic carbocycles. The number of hydrogen-bond donors (Lipinski definition) is 5. The average Bonchev–Trinajstić information content (AvgIpc) is 3.23. The molecule has 4 atom stereocenters. The van der Waals surface area contributed by atoms with Gasteiger partial charge < -0.3 is 30.1 Å². The molecular weight excluding hydrogens is 356 g/mol. The molecule has 4 rings (SSSR count). The molecule has 0 spiro atoms. The smallest absolute Gasteiger partial charge is 0.274 e. The van der Waals surface area contributed by atoms with Gasteiger partial charge in [-0.3, -0.25) is 0 Å². The molecule has 3 aromatic heterocycles. The van der Waals surface area contributed by atoms with Crippen LogP contribution in [0.2, 0.25) is 0 Å². The number of rotatable bonds is 5. The first kappa shape index (κ1) is 17.7. The van der Waals surface area contributed by atoms with E-state index in [9.17, 15) is 20.4 Å². The molecule has 0 aliphatic heterocycles. The lowest BCUT2D eigenvalue weighted by Gasteiger charge is -2.24. The van der Waals surface area contributed by atoms with Crippen LogP contribution >= 0.6 is 0 Å². The maximum Gasteiger partial charge on any atom is 0.274 e. The molecule has 27 heavy (non-hydrogen) atoms. The van der Waals surface area contributed by atoms with Crippen LogP contribution in [-0.2, 0) is 7.05 Å². The van der Waals surface area contributed by atoms with Crippen LogP contribution in [0.5, 0.6) is 0 Å². The minimum absolute atomic E-state index is 0.104. The number of hydrogen-bond acceptors (Lipinski definition) is 9. The van der Waals surface area contributed by atoms with Crippen molar-refractivity contribution in [3.8, 4) is 0 Å². The number of aliphatic hydroxyl groups excluding tert-OH is 5. The highest BCUT2D eigenvalue weighted by atomic mass is 16.4. The van der Waals surface area contributed by atoms with Gasteiger partial charge in [0.15, 0.2) is 11.5 Å². The minimum Gasteiger partial charge on any atom is -0.394 e. The highest BCUT2D eigenvalue weighted by Gasteiger charge is 2.34. The molecule has 4 aromatic rings. The third-order valence-electron chi connectivity index (χ3n) is 4.62. The first-order valence-corrected chi connectivity index (χ1v) is 8.23. The molecule has 0 radical (unpaired) electrons. The Morgan fingerprint density at radius 3 is 2.52 bits per heavy atom. The fraction of sp³-hybridized carbons (Fsp3) is 0.375. The van der Waals surface area contributed by atoms with E-state index >= 15 is 0 Å². The second-order valence-electron chi connectivity index (χ2n) is 6.31. The molecule has 0 fully saturated rings. The summed E-state index contributed by atoms with van der Waals surface area (Å²) in [6.07, 6.45) is -6.93. The van der Waals surface area contributed by atoms with Gasteiger partial charge in [0.1, 0.15) is 29.9 Å². The molecule has 0 amide bonds. The topological polar surface area (TPSA) is 162 Å². The van der Waals surface area contributed by atoms with Crippen LogP contribution in [0.1, 0.15) is 11.9 Å². The van der Waals surface area contributed by atoms with Gasteiger partial charge in [-0.25, -0.2) is 0 Å². The summed E-state index contributed by atoms with van der Waals surface area (Å²) in [4.78, 5) is 4.42. The SMILES string of the molecule is Cn1c2ccccc2c2nn3c([C@H](O)[C@@H](O)[C@H](O)[C@H](O)CO)nnc3nc21. The van der Waals surface area contributed by atoms with Crippen LogP contribution in [0.3, 0.4) is 0 Å². The first-order chi connectivity index (χ1) is 12.9. The van der Waals surface area contributed by atoms with Crippen molar-refractivity contribution in [1.82, 2.24) is 29.4 Å². The average molecular weight is 374 g/mol. The van der Waals surface area contributed by atoms with Crippen LogP contribution in [0.25, 0.3) is 27.8 Å². The minimum atomic E-state index is -1.82. The fourth-order valence-corrected chi connectivity index (χ4v) is 3.09. The zero-order chi connectivity index (χ0) is 19.3. The predicted octanol–water partition coefficient (Wildman–Crippen LogP) is -1.73. The molecule has 5 N–H and O–H groups in total. The maximum atomic E-state index is 10.4. The highest BCUT2D eigenvalue weighted by molar-refractivity contribution is 6.04.